The third-order valence-corrected chi connectivity index (χ3v) is 4.52. The maximum Gasteiger partial charge on any atom is 0.241 e. The first kappa shape index (κ1) is 17.9. The minimum absolute atomic E-state index is 0.0396. The molecule has 6 heteroatoms. The molecule has 1 aliphatic heterocycles. The number of anilines is 2. The number of hydrogen-bond donors (Lipinski definition) is 0. The molecular formula is C20H23N5O. The van der Waals surface area contributed by atoms with Gasteiger partial charge in [0.1, 0.15) is 5.82 Å². The zero-order valence-electron chi connectivity index (χ0n) is 14.8. The Morgan fingerprint density at radius 1 is 1.08 bits per heavy atom. The van der Waals surface area contributed by atoms with E-state index in [1.54, 1.807) is 11.1 Å². The first-order valence-electron chi connectivity index (χ1n) is 8.88. The van der Waals surface area contributed by atoms with E-state index in [1.807, 2.05) is 48.5 Å². The number of para-hydroxylation sites is 1. The summed E-state index contributed by atoms with van der Waals surface area (Å²) >= 11 is 0. The van der Waals surface area contributed by atoms with Crippen LogP contribution in [-0.4, -0.2) is 55.1 Å². The van der Waals surface area contributed by atoms with Crippen molar-refractivity contribution in [3.05, 3.63) is 54.7 Å². The molecule has 0 unspecified atom stereocenters. The normalized spacial score (nSPS) is 14.7. The fourth-order valence-corrected chi connectivity index (χ4v) is 3.12. The summed E-state index contributed by atoms with van der Waals surface area (Å²) in [5.74, 6) is 1.02. The van der Waals surface area contributed by atoms with Crippen LogP contribution < -0.4 is 9.80 Å². The Labute approximate surface area is 154 Å². The number of benzene rings is 1. The van der Waals surface area contributed by atoms with E-state index in [0.29, 0.717) is 19.5 Å². The van der Waals surface area contributed by atoms with Crippen molar-refractivity contribution in [1.29, 1.82) is 5.26 Å². The van der Waals surface area contributed by atoms with Crippen LogP contribution in [0.3, 0.4) is 0 Å². The third-order valence-electron chi connectivity index (χ3n) is 4.52. The van der Waals surface area contributed by atoms with E-state index in [0.717, 1.165) is 37.7 Å². The van der Waals surface area contributed by atoms with E-state index in [2.05, 4.69) is 20.9 Å². The number of nitrogens with zero attached hydrogens (tertiary/aromatic N) is 5. The number of rotatable bonds is 6. The van der Waals surface area contributed by atoms with E-state index < -0.39 is 0 Å². The quantitative estimate of drug-likeness (QED) is 0.800. The number of amides is 1. The summed E-state index contributed by atoms with van der Waals surface area (Å²) in [5.41, 5.74) is 0.847. The molecule has 134 valence electrons. The Morgan fingerprint density at radius 2 is 1.81 bits per heavy atom. The van der Waals surface area contributed by atoms with Gasteiger partial charge in [0.2, 0.25) is 5.91 Å². The van der Waals surface area contributed by atoms with Crippen LogP contribution >= 0.6 is 0 Å². The Bertz CT molecular complexity index is 736. The van der Waals surface area contributed by atoms with Crippen molar-refractivity contribution in [1.82, 2.24) is 9.88 Å². The lowest BCUT2D eigenvalue weighted by Gasteiger charge is -2.36. The van der Waals surface area contributed by atoms with Gasteiger partial charge < -0.3 is 9.80 Å². The second-order valence-corrected chi connectivity index (χ2v) is 6.24. The average Bonchev–Trinajstić information content (AvgIpc) is 2.70. The molecule has 1 amide bonds. The topological polar surface area (TPSA) is 63.5 Å². The third kappa shape index (κ3) is 4.58. The van der Waals surface area contributed by atoms with Gasteiger partial charge in [0.25, 0.3) is 0 Å². The highest BCUT2D eigenvalue weighted by Crippen LogP contribution is 2.16. The van der Waals surface area contributed by atoms with Gasteiger partial charge in [-0.3, -0.25) is 9.69 Å². The van der Waals surface area contributed by atoms with E-state index in [-0.39, 0.29) is 5.91 Å². The van der Waals surface area contributed by atoms with Gasteiger partial charge >= 0.3 is 0 Å². The van der Waals surface area contributed by atoms with Gasteiger partial charge in [-0.2, -0.15) is 5.26 Å². The van der Waals surface area contributed by atoms with Crippen molar-refractivity contribution in [2.75, 3.05) is 49.1 Å². The molecule has 0 N–H and O–H groups in total. The molecule has 0 radical (unpaired) electrons. The lowest BCUT2D eigenvalue weighted by atomic mass is 10.2. The number of carbonyl (C=O) groups is 1. The molecule has 2 heterocycles. The summed E-state index contributed by atoms with van der Waals surface area (Å²) in [7, 11) is 0. The summed E-state index contributed by atoms with van der Waals surface area (Å²) < 4.78 is 0. The van der Waals surface area contributed by atoms with Crippen LogP contribution in [0.2, 0.25) is 0 Å². The van der Waals surface area contributed by atoms with Crippen molar-refractivity contribution < 1.29 is 4.79 Å². The Hall–Kier alpha value is -2.91. The molecule has 0 bridgehead atoms. The Morgan fingerprint density at radius 3 is 2.46 bits per heavy atom. The Balaban J connectivity index is 1.57. The fourth-order valence-electron chi connectivity index (χ4n) is 3.12. The molecule has 1 aromatic carbocycles. The number of carbonyl (C=O) groups excluding carboxylic acids is 1. The van der Waals surface area contributed by atoms with Gasteiger partial charge in [0.15, 0.2) is 0 Å². The highest BCUT2D eigenvalue weighted by atomic mass is 16.2. The molecular weight excluding hydrogens is 326 g/mol. The Kier molecular flexibility index (Phi) is 6.18. The van der Waals surface area contributed by atoms with Crippen molar-refractivity contribution in [2.45, 2.75) is 6.42 Å². The first-order valence-corrected chi connectivity index (χ1v) is 8.88. The maximum atomic E-state index is 12.8. The van der Waals surface area contributed by atoms with Crippen LogP contribution in [0, 0.1) is 11.3 Å². The van der Waals surface area contributed by atoms with Gasteiger partial charge in [-0.25, -0.2) is 4.98 Å². The lowest BCUT2D eigenvalue weighted by molar-refractivity contribution is -0.119. The minimum Gasteiger partial charge on any atom is -0.354 e. The van der Waals surface area contributed by atoms with E-state index >= 15 is 0 Å². The second kappa shape index (κ2) is 8.97. The highest BCUT2D eigenvalue weighted by Gasteiger charge is 2.23. The van der Waals surface area contributed by atoms with Crippen molar-refractivity contribution in [3.8, 4) is 6.07 Å². The van der Waals surface area contributed by atoms with Crippen LogP contribution in [0.1, 0.15) is 6.42 Å². The number of aromatic nitrogens is 1. The molecule has 3 rings (SSSR count). The average molecular weight is 349 g/mol. The number of hydrogen-bond acceptors (Lipinski definition) is 5. The van der Waals surface area contributed by atoms with Gasteiger partial charge in [-0.15, -0.1) is 0 Å². The van der Waals surface area contributed by atoms with Gasteiger partial charge in [0, 0.05) is 44.6 Å². The summed E-state index contributed by atoms with van der Waals surface area (Å²) in [4.78, 5) is 23.3. The first-order chi connectivity index (χ1) is 12.8. The van der Waals surface area contributed by atoms with Crippen molar-refractivity contribution in [2.24, 2.45) is 0 Å². The summed E-state index contributed by atoms with van der Waals surface area (Å²) in [6, 6.07) is 17.6. The minimum atomic E-state index is 0.0396. The molecule has 0 aliphatic carbocycles. The van der Waals surface area contributed by atoms with E-state index in [4.69, 9.17) is 5.26 Å². The summed E-state index contributed by atoms with van der Waals surface area (Å²) in [6.07, 6.45) is 2.13. The van der Waals surface area contributed by atoms with Crippen LogP contribution in [-0.2, 0) is 4.79 Å². The number of nitriles is 1. The largest absolute Gasteiger partial charge is 0.354 e. The number of pyridine rings is 1. The predicted molar refractivity (Wildman–Crippen MR) is 102 cm³/mol. The number of piperazine rings is 1. The van der Waals surface area contributed by atoms with Crippen LogP contribution in [0.5, 0.6) is 0 Å². The molecule has 1 aliphatic rings. The molecule has 1 aromatic heterocycles. The predicted octanol–water partition coefficient (Wildman–Crippen LogP) is 2.15. The van der Waals surface area contributed by atoms with Crippen LogP contribution in [0.4, 0.5) is 11.5 Å². The maximum absolute atomic E-state index is 12.8. The zero-order valence-corrected chi connectivity index (χ0v) is 14.8. The summed E-state index contributed by atoms with van der Waals surface area (Å²) in [5, 5.41) is 8.89. The van der Waals surface area contributed by atoms with Crippen molar-refractivity contribution >= 4 is 17.4 Å². The zero-order chi connectivity index (χ0) is 18.2. The lowest BCUT2D eigenvalue weighted by Crippen LogP contribution is -2.50. The van der Waals surface area contributed by atoms with E-state index in [9.17, 15) is 4.79 Å². The summed E-state index contributed by atoms with van der Waals surface area (Å²) in [6.45, 7) is 4.15. The van der Waals surface area contributed by atoms with Gasteiger partial charge in [-0.1, -0.05) is 24.3 Å². The molecule has 2 aromatic rings. The molecule has 0 spiro atoms. The van der Waals surface area contributed by atoms with Gasteiger partial charge in [0.05, 0.1) is 19.0 Å². The van der Waals surface area contributed by atoms with E-state index in [1.165, 1.54) is 0 Å². The molecule has 6 nitrogen and oxygen atoms in total. The monoisotopic (exact) mass is 349 g/mol. The molecule has 1 fully saturated rings. The van der Waals surface area contributed by atoms with Crippen LogP contribution in [0.15, 0.2) is 54.7 Å². The molecule has 0 atom stereocenters. The smallest absolute Gasteiger partial charge is 0.241 e. The second-order valence-electron chi connectivity index (χ2n) is 6.24. The fraction of sp³-hybridized carbons (Fsp3) is 0.350. The molecule has 1 saturated heterocycles. The SMILES string of the molecule is N#CCCN(C(=O)CN1CCN(c2ccccn2)CC1)c1ccccc1. The van der Waals surface area contributed by atoms with Crippen molar-refractivity contribution in [3.63, 3.8) is 0 Å². The van der Waals surface area contributed by atoms with Gasteiger partial charge in [-0.05, 0) is 24.3 Å². The highest BCUT2D eigenvalue weighted by molar-refractivity contribution is 5.94. The molecule has 26 heavy (non-hydrogen) atoms. The standard InChI is InChI=1S/C20H23N5O/c21-10-6-12-25(18-7-2-1-3-8-18)20(26)17-23-13-15-24(16-14-23)19-9-4-5-11-22-19/h1-5,7-9,11H,6,12-17H2. The molecule has 0 saturated carbocycles. The van der Waals surface area contributed by atoms with Crippen LogP contribution in [0.25, 0.3) is 0 Å².